The fourth-order valence-corrected chi connectivity index (χ4v) is 4.09. The highest BCUT2D eigenvalue weighted by atomic mass is 32.1. The van der Waals surface area contributed by atoms with Crippen LogP contribution in [0.25, 0.3) is 11.5 Å². The minimum absolute atomic E-state index is 0.0521. The number of nitrogens with one attached hydrogen (secondary N) is 3. The molecule has 0 aromatic carbocycles. The molecule has 1 unspecified atom stereocenters. The van der Waals surface area contributed by atoms with Gasteiger partial charge in [0, 0.05) is 13.7 Å². The lowest BCUT2D eigenvalue weighted by molar-refractivity contribution is 0.162. The zero-order valence-electron chi connectivity index (χ0n) is 16.2. The normalized spacial score (nSPS) is 14.0. The first kappa shape index (κ1) is 19.3. The number of thiazole rings is 1. The van der Waals surface area contributed by atoms with Crippen molar-refractivity contribution < 1.29 is 9.53 Å². The van der Waals surface area contributed by atoms with Crippen molar-refractivity contribution in [2.75, 3.05) is 36.2 Å². The van der Waals surface area contributed by atoms with Crippen LogP contribution < -0.4 is 16.0 Å². The van der Waals surface area contributed by atoms with Gasteiger partial charge >= 0.3 is 6.03 Å². The van der Waals surface area contributed by atoms with Gasteiger partial charge in [-0.3, -0.25) is 10.6 Å². The zero-order chi connectivity index (χ0) is 20.2. The van der Waals surface area contributed by atoms with Crippen LogP contribution in [0.3, 0.4) is 0 Å². The van der Waals surface area contributed by atoms with Crippen molar-refractivity contribution in [3.8, 4) is 11.5 Å². The van der Waals surface area contributed by atoms with Crippen molar-refractivity contribution in [3.05, 3.63) is 29.4 Å². The molecule has 1 aliphatic heterocycles. The first-order valence-corrected chi connectivity index (χ1v) is 10.1. The molecule has 3 aromatic rings. The lowest BCUT2D eigenvalue weighted by atomic mass is 10.2. The van der Waals surface area contributed by atoms with E-state index in [1.165, 1.54) is 11.3 Å². The van der Waals surface area contributed by atoms with Crippen LogP contribution in [0.2, 0.25) is 0 Å². The fourth-order valence-electron chi connectivity index (χ4n) is 3.11. The molecule has 0 fully saturated rings. The highest BCUT2D eigenvalue weighted by Crippen LogP contribution is 2.30. The van der Waals surface area contributed by atoms with E-state index in [4.69, 9.17) is 4.74 Å². The first-order valence-electron chi connectivity index (χ1n) is 9.31. The number of nitrogens with zero attached hydrogens (tertiary/aromatic N) is 5. The number of urea groups is 1. The van der Waals surface area contributed by atoms with Crippen LogP contribution in [-0.2, 0) is 11.2 Å². The molecule has 0 aliphatic carbocycles. The largest absolute Gasteiger partial charge is 0.383 e. The number of aryl methyl sites for hydroxylation is 1. The minimum Gasteiger partial charge on any atom is -0.383 e. The second-order valence-corrected chi connectivity index (χ2v) is 7.76. The Bertz CT molecular complexity index is 978. The van der Waals surface area contributed by atoms with Crippen LogP contribution in [0, 0.1) is 0 Å². The van der Waals surface area contributed by atoms with Crippen LogP contribution in [0.4, 0.5) is 21.6 Å². The molecule has 2 amide bonds. The quantitative estimate of drug-likeness (QED) is 0.567. The summed E-state index contributed by atoms with van der Waals surface area (Å²) in [6.45, 7) is 3.44. The van der Waals surface area contributed by atoms with Gasteiger partial charge in [-0.1, -0.05) is 17.4 Å². The van der Waals surface area contributed by atoms with E-state index in [0.29, 0.717) is 29.1 Å². The Hall–Kier alpha value is -3.05. The third-order valence-electron chi connectivity index (χ3n) is 4.47. The van der Waals surface area contributed by atoms with E-state index in [0.717, 1.165) is 30.1 Å². The van der Waals surface area contributed by atoms with Gasteiger partial charge in [0.25, 0.3) is 0 Å². The molecular formula is C18H22N8O2S. The van der Waals surface area contributed by atoms with Crippen molar-refractivity contribution in [1.82, 2.24) is 24.7 Å². The average Bonchev–Trinajstić information content (AvgIpc) is 3.35. The summed E-state index contributed by atoms with van der Waals surface area (Å²) in [5, 5.41) is 17.5. The SMILES string of the molecule is COCC(C)n1cnnc1-c1cccc(NC(=O)Nc2nc3c(s2)CCCN3)n1. The molecule has 1 atom stereocenters. The first-order chi connectivity index (χ1) is 14.1. The molecule has 3 N–H and O–H groups in total. The maximum absolute atomic E-state index is 12.4. The van der Waals surface area contributed by atoms with Gasteiger partial charge in [-0.25, -0.2) is 14.8 Å². The number of methoxy groups -OCH3 is 1. The number of rotatable bonds is 6. The molecule has 0 saturated heterocycles. The summed E-state index contributed by atoms with van der Waals surface area (Å²) < 4.78 is 7.10. The van der Waals surface area contributed by atoms with Gasteiger partial charge in [0.2, 0.25) is 0 Å². The molecule has 0 saturated carbocycles. The van der Waals surface area contributed by atoms with Gasteiger partial charge in [-0.2, -0.15) is 0 Å². The molecule has 0 bridgehead atoms. The third-order valence-corrected chi connectivity index (χ3v) is 5.50. The number of hydrogen-bond acceptors (Lipinski definition) is 8. The number of ether oxygens (including phenoxy) is 1. The second kappa shape index (κ2) is 8.53. The predicted molar refractivity (Wildman–Crippen MR) is 111 cm³/mol. The predicted octanol–water partition coefficient (Wildman–Crippen LogP) is 3.01. The number of aromatic nitrogens is 5. The van der Waals surface area contributed by atoms with E-state index in [1.54, 1.807) is 19.5 Å². The highest BCUT2D eigenvalue weighted by molar-refractivity contribution is 7.16. The highest BCUT2D eigenvalue weighted by Gasteiger charge is 2.17. The number of carbonyl (C=O) groups is 1. The zero-order valence-corrected chi connectivity index (χ0v) is 17.0. The summed E-state index contributed by atoms with van der Waals surface area (Å²) in [5.74, 6) is 1.88. The summed E-state index contributed by atoms with van der Waals surface area (Å²) in [6.07, 6.45) is 3.70. The monoisotopic (exact) mass is 414 g/mol. The van der Waals surface area contributed by atoms with Crippen LogP contribution in [0.5, 0.6) is 0 Å². The fraction of sp³-hybridized carbons (Fsp3) is 0.389. The molecule has 152 valence electrons. The van der Waals surface area contributed by atoms with Gasteiger partial charge in [-0.05, 0) is 31.9 Å². The Morgan fingerprint density at radius 3 is 3.10 bits per heavy atom. The Balaban J connectivity index is 1.46. The maximum atomic E-state index is 12.4. The summed E-state index contributed by atoms with van der Waals surface area (Å²) in [7, 11) is 1.65. The van der Waals surface area contributed by atoms with Crippen molar-refractivity contribution in [1.29, 1.82) is 0 Å². The Morgan fingerprint density at radius 2 is 2.28 bits per heavy atom. The molecule has 11 heteroatoms. The summed E-state index contributed by atoms with van der Waals surface area (Å²) in [6, 6.07) is 5.01. The molecule has 3 aromatic heterocycles. The summed E-state index contributed by atoms with van der Waals surface area (Å²) in [4.78, 5) is 22.5. The number of pyridine rings is 1. The molecule has 1 aliphatic rings. The maximum Gasteiger partial charge on any atom is 0.326 e. The van der Waals surface area contributed by atoms with Crippen molar-refractivity contribution in [3.63, 3.8) is 0 Å². The molecule has 4 heterocycles. The molecule has 29 heavy (non-hydrogen) atoms. The smallest absolute Gasteiger partial charge is 0.326 e. The molecule has 0 radical (unpaired) electrons. The summed E-state index contributed by atoms with van der Waals surface area (Å²) in [5.41, 5.74) is 0.608. The molecule has 10 nitrogen and oxygen atoms in total. The number of carbonyl (C=O) groups excluding carboxylic acids is 1. The van der Waals surface area contributed by atoms with E-state index in [-0.39, 0.29) is 6.04 Å². The summed E-state index contributed by atoms with van der Waals surface area (Å²) >= 11 is 1.49. The second-order valence-electron chi connectivity index (χ2n) is 6.67. The van der Waals surface area contributed by atoms with Gasteiger partial charge in [-0.15, -0.1) is 10.2 Å². The number of anilines is 3. The van der Waals surface area contributed by atoms with Crippen LogP contribution in [-0.4, -0.2) is 51.0 Å². The Labute approximate surface area is 171 Å². The van der Waals surface area contributed by atoms with Gasteiger partial charge < -0.3 is 14.6 Å². The van der Waals surface area contributed by atoms with E-state index < -0.39 is 6.03 Å². The van der Waals surface area contributed by atoms with E-state index >= 15 is 0 Å². The van der Waals surface area contributed by atoms with Gasteiger partial charge in [0.15, 0.2) is 11.0 Å². The lowest BCUT2D eigenvalue weighted by Crippen LogP contribution is -2.20. The molecular weight excluding hydrogens is 392 g/mol. The topological polar surface area (TPSA) is 119 Å². The number of fused-ring (bicyclic) bond motifs is 1. The van der Waals surface area contributed by atoms with Crippen molar-refractivity contribution in [2.45, 2.75) is 25.8 Å². The Morgan fingerprint density at radius 1 is 1.38 bits per heavy atom. The van der Waals surface area contributed by atoms with E-state index in [1.807, 2.05) is 23.6 Å². The van der Waals surface area contributed by atoms with Crippen molar-refractivity contribution in [2.24, 2.45) is 0 Å². The lowest BCUT2D eigenvalue weighted by Gasteiger charge is -2.14. The standard InChI is InChI=1S/C18H22N8O2S/c1-11(9-28-2)26-10-20-25-16(26)12-5-3-7-14(21-12)22-17(27)24-18-23-15-13(29-18)6-4-8-19-15/h3,5,7,10-11,19H,4,6,8-9H2,1-2H3,(H2,21,22,23,24,27). The van der Waals surface area contributed by atoms with Crippen molar-refractivity contribution >= 4 is 34.1 Å². The van der Waals surface area contributed by atoms with Crippen LogP contribution >= 0.6 is 11.3 Å². The minimum atomic E-state index is -0.394. The van der Waals surface area contributed by atoms with E-state index in [2.05, 4.69) is 36.1 Å². The van der Waals surface area contributed by atoms with Crippen LogP contribution in [0.15, 0.2) is 24.5 Å². The number of amides is 2. The van der Waals surface area contributed by atoms with Crippen LogP contribution in [0.1, 0.15) is 24.3 Å². The molecule has 4 rings (SSSR count). The van der Waals surface area contributed by atoms with Gasteiger partial charge in [0.05, 0.1) is 17.5 Å². The van der Waals surface area contributed by atoms with E-state index in [9.17, 15) is 4.79 Å². The van der Waals surface area contributed by atoms with Gasteiger partial charge in [0.1, 0.15) is 23.7 Å². The Kier molecular flexibility index (Phi) is 5.67. The number of hydrogen-bond donors (Lipinski definition) is 3. The molecule has 0 spiro atoms. The average molecular weight is 414 g/mol. The third kappa shape index (κ3) is 4.35.